The molecule has 3 aromatic rings. The molecule has 0 spiro atoms. The number of aryl methyl sites for hydroxylation is 1. The lowest BCUT2D eigenvalue weighted by atomic mass is 10.0. The van der Waals surface area contributed by atoms with Gasteiger partial charge in [0.1, 0.15) is 28.5 Å². The molecule has 2 aromatic heterocycles. The topological polar surface area (TPSA) is 69.0 Å². The monoisotopic (exact) mass is 482 g/mol. The molecular formula is C23H23F5N4O2. The van der Waals surface area contributed by atoms with Crippen LogP contribution in [-0.2, 0) is 11.5 Å². The van der Waals surface area contributed by atoms with Crippen molar-refractivity contribution >= 4 is 16.7 Å². The predicted octanol–water partition coefficient (Wildman–Crippen LogP) is 5.29. The maximum atomic E-state index is 14.9. The summed E-state index contributed by atoms with van der Waals surface area (Å²) >= 11 is 0. The van der Waals surface area contributed by atoms with Crippen LogP contribution in [0.15, 0.2) is 29.2 Å². The van der Waals surface area contributed by atoms with E-state index in [1.807, 2.05) is 0 Å². The zero-order valence-corrected chi connectivity index (χ0v) is 18.9. The Morgan fingerprint density at radius 3 is 2.47 bits per heavy atom. The number of nitrogens with zero attached hydrogens (tertiary/aromatic N) is 3. The summed E-state index contributed by atoms with van der Waals surface area (Å²) in [5.41, 5.74) is -3.06. The van der Waals surface area contributed by atoms with Crippen molar-refractivity contribution in [1.82, 2.24) is 14.5 Å². The van der Waals surface area contributed by atoms with Crippen LogP contribution >= 0.6 is 0 Å². The van der Waals surface area contributed by atoms with E-state index in [9.17, 15) is 26.7 Å². The van der Waals surface area contributed by atoms with Gasteiger partial charge < -0.3 is 10.1 Å². The van der Waals surface area contributed by atoms with E-state index in [1.165, 1.54) is 25.4 Å². The third-order valence-electron chi connectivity index (χ3n) is 6.12. The minimum absolute atomic E-state index is 0.0324. The number of hydrogen-bond donors (Lipinski definition) is 1. The minimum Gasteiger partial charge on any atom is -0.490 e. The van der Waals surface area contributed by atoms with Crippen LogP contribution in [0.1, 0.15) is 49.7 Å². The average Bonchev–Trinajstić information content (AvgIpc) is 3.54. The molecule has 0 radical (unpaired) electrons. The molecule has 34 heavy (non-hydrogen) atoms. The normalized spacial score (nSPS) is 16.1. The summed E-state index contributed by atoms with van der Waals surface area (Å²) in [4.78, 5) is 21.5. The molecule has 4 rings (SSSR count). The third kappa shape index (κ3) is 3.86. The number of nitrogens with one attached hydrogen (secondary N) is 1. The van der Waals surface area contributed by atoms with Crippen molar-refractivity contribution in [3.8, 4) is 5.75 Å². The molecule has 1 saturated carbocycles. The van der Waals surface area contributed by atoms with Crippen LogP contribution in [0, 0.1) is 12.7 Å². The van der Waals surface area contributed by atoms with E-state index in [-0.39, 0.29) is 46.7 Å². The lowest BCUT2D eigenvalue weighted by Gasteiger charge is -2.22. The first-order chi connectivity index (χ1) is 15.9. The quantitative estimate of drug-likeness (QED) is 0.464. The molecule has 0 unspecified atom stereocenters. The molecule has 1 aliphatic carbocycles. The van der Waals surface area contributed by atoms with Crippen molar-refractivity contribution in [3.63, 3.8) is 0 Å². The molecule has 182 valence electrons. The Kier molecular flexibility index (Phi) is 5.77. The Balaban J connectivity index is 1.86. The van der Waals surface area contributed by atoms with E-state index in [0.717, 1.165) is 10.6 Å². The predicted molar refractivity (Wildman–Crippen MR) is 116 cm³/mol. The lowest BCUT2D eigenvalue weighted by Crippen LogP contribution is -2.36. The second-order valence-electron chi connectivity index (χ2n) is 8.59. The number of ether oxygens (including phenoxy) is 1. The molecular weight excluding hydrogens is 459 g/mol. The Hall–Kier alpha value is -3.24. The lowest BCUT2D eigenvalue weighted by molar-refractivity contribution is 0.0136. The molecule has 0 saturated heterocycles. The highest BCUT2D eigenvalue weighted by molar-refractivity contribution is 5.92. The minimum atomic E-state index is -3.38. The Bertz CT molecular complexity index is 1320. The standard InChI is InChI=1S/C23H23F5N4O2/c1-11(13-6-5-7-15(16(13)24)22(3,27)28)29-19-14-10-32(23(8-9-23)21(25)26)20(33)18(34-4)17(14)30-12(2)31-19/h5-7,10-11,21H,8-9H2,1-4H3,(H,29,30,31)/t11-/m1/s1. The van der Waals surface area contributed by atoms with Crippen molar-refractivity contribution in [2.75, 3.05) is 12.4 Å². The van der Waals surface area contributed by atoms with Gasteiger partial charge in [0, 0.05) is 18.7 Å². The molecule has 1 aromatic carbocycles. The first kappa shape index (κ1) is 23.9. The number of fused-ring (bicyclic) bond motifs is 1. The fourth-order valence-electron chi connectivity index (χ4n) is 4.10. The van der Waals surface area contributed by atoms with Gasteiger partial charge in [0.15, 0.2) is 0 Å². The van der Waals surface area contributed by atoms with E-state index < -0.39 is 40.9 Å². The van der Waals surface area contributed by atoms with Gasteiger partial charge in [-0.1, -0.05) is 18.2 Å². The molecule has 0 bridgehead atoms. The van der Waals surface area contributed by atoms with Crippen LogP contribution < -0.4 is 15.6 Å². The number of pyridine rings is 1. The SMILES string of the molecule is COc1c(=O)n(C2(C(F)F)CC2)cc2c(N[C@H](C)c3cccc(C(C)(F)F)c3F)nc(C)nc12. The smallest absolute Gasteiger partial charge is 0.295 e. The van der Waals surface area contributed by atoms with E-state index in [0.29, 0.717) is 6.92 Å². The number of alkyl halides is 4. The van der Waals surface area contributed by atoms with Gasteiger partial charge >= 0.3 is 0 Å². The summed E-state index contributed by atoms with van der Waals surface area (Å²) in [7, 11) is 1.24. The fraction of sp³-hybridized carbons (Fsp3) is 0.435. The molecule has 1 aliphatic rings. The van der Waals surface area contributed by atoms with Gasteiger partial charge in [-0.15, -0.1) is 0 Å². The van der Waals surface area contributed by atoms with Gasteiger partial charge in [0.05, 0.1) is 24.1 Å². The molecule has 1 atom stereocenters. The van der Waals surface area contributed by atoms with Crippen molar-refractivity contribution < 1.29 is 26.7 Å². The Morgan fingerprint density at radius 1 is 1.24 bits per heavy atom. The van der Waals surface area contributed by atoms with E-state index >= 15 is 0 Å². The van der Waals surface area contributed by atoms with Crippen molar-refractivity contribution in [1.29, 1.82) is 0 Å². The highest BCUT2D eigenvalue weighted by Crippen LogP contribution is 2.48. The number of aromatic nitrogens is 3. The van der Waals surface area contributed by atoms with Gasteiger partial charge in [-0.3, -0.25) is 9.36 Å². The molecule has 6 nitrogen and oxygen atoms in total. The summed E-state index contributed by atoms with van der Waals surface area (Å²) < 4.78 is 76.3. The second kappa shape index (κ2) is 8.21. The number of halogens is 5. The Labute approximate surface area is 191 Å². The summed E-state index contributed by atoms with van der Waals surface area (Å²) in [6.07, 6.45) is -1.29. The fourth-order valence-corrected chi connectivity index (χ4v) is 4.10. The Morgan fingerprint density at radius 2 is 1.91 bits per heavy atom. The van der Waals surface area contributed by atoms with Crippen LogP contribution in [0.2, 0.25) is 0 Å². The van der Waals surface area contributed by atoms with Crippen molar-refractivity contribution in [2.45, 2.75) is 57.5 Å². The highest BCUT2D eigenvalue weighted by Gasteiger charge is 2.54. The van der Waals surface area contributed by atoms with Crippen LogP contribution in [0.25, 0.3) is 10.9 Å². The molecule has 11 heteroatoms. The van der Waals surface area contributed by atoms with Gasteiger partial charge in [-0.05, 0) is 26.7 Å². The molecule has 2 heterocycles. The van der Waals surface area contributed by atoms with Crippen LogP contribution in [-0.4, -0.2) is 28.1 Å². The summed E-state index contributed by atoms with van der Waals surface area (Å²) in [6.45, 7) is 3.71. The summed E-state index contributed by atoms with van der Waals surface area (Å²) in [5, 5.41) is 3.17. The molecule has 0 amide bonds. The second-order valence-corrected chi connectivity index (χ2v) is 8.59. The number of rotatable bonds is 7. The van der Waals surface area contributed by atoms with Crippen molar-refractivity contribution in [3.05, 3.63) is 57.5 Å². The molecule has 1 N–H and O–H groups in total. The van der Waals surface area contributed by atoms with Crippen LogP contribution in [0.3, 0.4) is 0 Å². The molecule has 1 fully saturated rings. The summed E-state index contributed by atoms with van der Waals surface area (Å²) in [5.74, 6) is -4.30. The van der Waals surface area contributed by atoms with E-state index in [4.69, 9.17) is 4.74 Å². The van der Waals surface area contributed by atoms with Gasteiger partial charge in [-0.2, -0.15) is 0 Å². The average molecular weight is 482 g/mol. The van der Waals surface area contributed by atoms with Crippen LogP contribution in [0.4, 0.5) is 27.8 Å². The van der Waals surface area contributed by atoms with Gasteiger partial charge in [-0.25, -0.2) is 31.9 Å². The van der Waals surface area contributed by atoms with E-state index in [2.05, 4.69) is 15.3 Å². The largest absolute Gasteiger partial charge is 0.490 e. The van der Waals surface area contributed by atoms with Crippen LogP contribution in [0.5, 0.6) is 5.75 Å². The molecule has 0 aliphatic heterocycles. The maximum absolute atomic E-state index is 14.9. The number of methoxy groups -OCH3 is 1. The van der Waals surface area contributed by atoms with Gasteiger partial charge in [0.2, 0.25) is 5.75 Å². The number of benzene rings is 1. The van der Waals surface area contributed by atoms with Gasteiger partial charge in [0.25, 0.3) is 17.9 Å². The number of anilines is 1. The van der Waals surface area contributed by atoms with Crippen molar-refractivity contribution in [2.24, 2.45) is 0 Å². The maximum Gasteiger partial charge on any atom is 0.295 e. The third-order valence-corrected chi connectivity index (χ3v) is 6.12. The highest BCUT2D eigenvalue weighted by atomic mass is 19.3. The first-order valence-corrected chi connectivity index (χ1v) is 10.6. The first-order valence-electron chi connectivity index (χ1n) is 10.6. The summed E-state index contributed by atoms with van der Waals surface area (Å²) in [6, 6.07) is 2.87. The zero-order valence-electron chi connectivity index (χ0n) is 18.9. The number of hydrogen-bond acceptors (Lipinski definition) is 5. The zero-order chi connectivity index (χ0) is 25.0. The van der Waals surface area contributed by atoms with E-state index in [1.54, 1.807) is 13.8 Å².